The van der Waals surface area contributed by atoms with Crippen LogP contribution in [0.5, 0.6) is 0 Å². The lowest BCUT2D eigenvalue weighted by Gasteiger charge is -2.26. The van der Waals surface area contributed by atoms with E-state index < -0.39 is 17.5 Å². The number of aliphatic hydroxyl groups is 1. The Kier molecular flexibility index (Phi) is 8.48. The third-order valence-corrected chi connectivity index (χ3v) is 6.11. The quantitative estimate of drug-likeness (QED) is 0.136. The molecule has 1 aromatic heterocycles. The van der Waals surface area contributed by atoms with Crippen molar-refractivity contribution in [2.24, 2.45) is 5.10 Å². The lowest BCUT2D eigenvalue weighted by Crippen LogP contribution is -2.43. The van der Waals surface area contributed by atoms with E-state index in [1.165, 1.54) is 0 Å². The number of benzene rings is 3. The molecule has 0 fully saturated rings. The first-order valence-corrected chi connectivity index (χ1v) is 12.3. The fourth-order valence-corrected chi connectivity index (χ4v) is 4.14. The van der Waals surface area contributed by atoms with Crippen molar-refractivity contribution in [2.75, 3.05) is 11.9 Å². The molecule has 0 saturated carbocycles. The van der Waals surface area contributed by atoms with E-state index in [0.29, 0.717) is 21.8 Å². The van der Waals surface area contributed by atoms with E-state index in [4.69, 9.17) is 32.4 Å². The molecule has 0 atom stereocenters. The number of ether oxygens (including phenoxy) is 1. The second-order valence-electron chi connectivity index (χ2n) is 7.98. The van der Waals surface area contributed by atoms with Crippen molar-refractivity contribution in [2.45, 2.75) is 12.5 Å². The van der Waals surface area contributed by atoms with Gasteiger partial charge in [0, 0.05) is 10.7 Å². The van der Waals surface area contributed by atoms with Crippen molar-refractivity contribution in [3.8, 4) is 0 Å². The predicted molar refractivity (Wildman–Crippen MR) is 146 cm³/mol. The van der Waals surface area contributed by atoms with Gasteiger partial charge in [-0.15, -0.1) is 0 Å². The van der Waals surface area contributed by atoms with Crippen LogP contribution in [0.15, 0.2) is 94.4 Å². The lowest BCUT2D eigenvalue weighted by atomic mass is 9.85. The molecule has 0 aliphatic carbocycles. The van der Waals surface area contributed by atoms with Crippen LogP contribution in [-0.2, 0) is 15.1 Å². The summed E-state index contributed by atoms with van der Waals surface area (Å²) in [6.07, 6.45) is 1.13. The van der Waals surface area contributed by atoms with Crippen LogP contribution < -0.4 is 10.7 Å². The Labute approximate surface area is 228 Å². The highest BCUT2D eigenvalue weighted by Gasteiger charge is 2.40. The van der Waals surface area contributed by atoms with Gasteiger partial charge in [-0.05, 0) is 36.2 Å². The highest BCUT2D eigenvalue weighted by molar-refractivity contribution is 6.36. The molecule has 4 rings (SSSR count). The van der Waals surface area contributed by atoms with Gasteiger partial charge in [0.2, 0.25) is 5.88 Å². The smallest absolute Gasteiger partial charge is 0.345 e. The van der Waals surface area contributed by atoms with E-state index in [-0.39, 0.29) is 28.8 Å². The Morgan fingerprint density at radius 1 is 1.00 bits per heavy atom. The van der Waals surface area contributed by atoms with Gasteiger partial charge < -0.3 is 19.6 Å². The summed E-state index contributed by atoms with van der Waals surface area (Å²) in [6, 6.07) is 23.7. The number of esters is 1. The molecule has 0 bridgehead atoms. The summed E-state index contributed by atoms with van der Waals surface area (Å²) in [7, 11) is 0. The lowest BCUT2D eigenvalue weighted by molar-refractivity contribution is -0.136. The van der Waals surface area contributed by atoms with E-state index in [1.807, 2.05) is 0 Å². The molecule has 3 aromatic carbocycles. The summed E-state index contributed by atoms with van der Waals surface area (Å²) in [5.41, 5.74) is 1.52. The number of amides is 1. The molecule has 1 heterocycles. The fraction of sp³-hybridized carbons (Fsp3) is 0.107. The molecular formula is C28H23Cl2N3O5. The van der Waals surface area contributed by atoms with Gasteiger partial charge in [0.05, 0.1) is 12.8 Å². The van der Waals surface area contributed by atoms with Crippen molar-refractivity contribution in [1.82, 2.24) is 5.43 Å². The van der Waals surface area contributed by atoms with Gasteiger partial charge >= 0.3 is 5.97 Å². The zero-order valence-electron chi connectivity index (χ0n) is 20.2. The summed E-state index contributed by atoms with van der Waals surface area (Å²) < 4.78 is 10.9. The number of hydrazone groups is 1. The minimum absolute atomic E-state index is 0.00793. The van der Waals surface area contributed by atoms with E-state index in [2.05, 4.69) is 15.8 Å². The first kappa shape index (κ1) is 26.9. The SMILES string of the molecule is CCOC(=O)c1c(Nc2cccc(Cl)c2)oc(/C=N\NC(=O)C(O)(c2ccccc2)c2ccccc2)c1Cl. The maximum Gasteiger partial charge on any atom is 0.345 e. The van der Waals surface area contributed by atoms with Gasteiger partial charge in [-0.1, -0.05) is 89.9 Å². The van der Waals surface area contributed by atoms with Crippen LogP contribution in [0.4, 0.5) is 11.6 Å². The van der Waals surface area contributed by atoms with Crippen LogP contribution in [0.25, 0.3) is 0 Å². The van der Waals surface area contributed by atoms with Gasteiger partial charge in [-0.25, -0.2) is 10.2 Å². The van der Waals surface area contributed by atoms with Gasteiger partial charge in [0.15, 0.2) is 11.4 Å². The fourth-order valence-electron chi connectivity index (χ4n) is 3.70. The summed E-state index contributed by atoms with van der Waals surface area (Å²) in [5, 5.41) is 18.8. The third-order valence-electron chi connectivity index (χ3n) is 5.50. The summed E-state index contributed by atoms with van der Waals surface area (Å²) in [6.45, 7) is 1.78. The van der Waals surface area contributed by atoms with E-state index in [1.54, 1.807) is 91.9 Å². The Morgan fingerprint density at radius 2 is 1.63 bits per heavy atom. The molecule has 0 unspecified atom stereocenters. The average Bonchev–Trinajstić information content (AvgIpc) is 3.23. The van der Waals surface area contributed by atoms with Crippen LogP contribution in [0, 0.1) is 0 Å². The Morgan fingerprint density at radius 3 is 2.21 bits per heavy atom. The zero-order valence-corrected chi connectivity index (χ0v) is 21.7. The van der Waals surface area contributed by atoms with Crippen LogP contribution in [-0.4, -0.2) is 29.8 Å². The minimum Gasteiger partial charge on any atom is -0.462 e. The summed E-state index contributed by atoms with van der Waals surface area (Å²) in [4.78, 5) is 25.8. The Hall–Kier alpha value is -4.11. The monoisotopic (exact) mass is 551 g/mol. The Bertz CT molecular complexity index is 1420. The van der Waals surface area contributed by atoms with Crippen molar-refractivity contribution < 1.29 is 23.8 Å². The third kappa shape index (κ3) is 5.73. The molecule has 8 nitrogen and oxygen atoms in total. The summed E-state index contributed by atoms with van der Waals surface area (Å²) >= 11 is 12.5. The standard InChI is InChI=1S/C28H23Cl2N3O5/c1-2-37-26(34)23-24(30)22(38-25(23)32-21-15-9-14-20(29)16-21)17-31-33-27(35)28(36,18-10-5-3-6-11-18)19-12-7-4-8-13-19/h3-17,32,36H,2H2,1H3,(H,33,35)/b31-17-. The largest absolute Gasteiger partial charge is 0.462 e. The van der Waals surface area contributed by atoms with Crippen molar-refractivity contribution in [3.05, 3.63) is 117 Å². The topological polar surface area (TPSA) is 113 Å². The van der Waals surface area contributed by atoms with E-state index >= 15 is 0 Å². The second-order valence-corrected chi connectivity index (χ2v) is 8.80. The number of carbonyl (C=O) groups is 2. The molecule has 38 heavy (non-hydrogen) atoms. The maximum absolute atomic E-state index is 13.2. The molecule has 194 valence electrons. The van der Waals surface area contributed by atoms with Gasteiger partial charge in [-0.2, -0.15) is 5.10 Å². The number of nitrogens with one attached hydrogen (secondary N) is 2. The number of hydrogen-bond acceptors (Lipinski definition) is 7. The molecule has 4 aromatic rings. The van der Waals surface area contributed by atoms with Gasteiger partial charge in [-0.3, -0.25) is 4.79 Å². The van der Waals surface area contributed by atoms with Crippen LogP contribution in [0.1, 0.15) is 34.2 Å². The number of hydrogen-bond donors (Lipinski definition) is 3. The Balaban J connectivity index is 1.63. The minimum atomic E-state index is -2.03. The number of halogens is 2. The molecule has 10 heteroatoms. The van der Waals surface area contributed by atoms with E-state index in [9.17, 15) is 14.7 Å². The second kappa shape index (κ2) is 12.0. The molecule has 0 aliphatic rings. The van der Waals surface area contributed by atoms with Crippen molar-refractivity contribution in [1.29, 1.82) is 0 Å². The predicted octanol–water partition coefficient (Wildman–Crippen LogP) is 5.89. The number of furan rings is 1. The zero-order chi connectivity index (χ0) is 27.1. The number of anilines is 2. The molecule has 0 aliphatic heterocycles. The number of rotatable bonds is 9. The number of carbonyl (C=O) groups excluding carboxylic acids is 2. The highest BCUT2D eigenvalue weighted by atomic mass is 35.5. The van der Waals surface area contributed by atoms with Gasteiger partial charge in [0.1, 0.15) is 10.6 Å². The van der Waals surface area contributed by atoms with Crippen LogP contribution in [0.3, 0.4) is 0 Å². The molecule has 3 N–H and O–H groups in total. The van der Waals surface area contributed by atoms with Crippen molar-refractivity contribution in [3.63, 3.8) is 0 Å². The maximum atomic E-state index is 13.2. The average molecular weight is 552 g/mol. The van der Waals surface area contributed by atoms with E-state index in [0.717, 1.165) is 6.21 Å². The first-order valence-electron chi connectivity index (χ1n) is 11.5. The molecule has 1 amide bonds. The normalized spacial score (nSPS) is 11.4. The van der Waals surface area contributed by atoms with Crippen molar-refractivity contribution >= 4 is 52.9 Å². The summed E-state index contributed by atoms with van der Waals surface area (Å²) in [5.74, 6) is -1.54. The number of nitrogens with zero attached hydrogens (tertiary/aromatic N) is 1. The molecule has 0 spiro atoms. The van der Waals surface area contributed by atoms with Crippen LogP contribution in [0.2, 0.25) is 10.0 Å². The molecule has 0 saturated heterocycles. The highest BCUT2D eigenvalue weighted by Crippen LogP contribution is 2.34. The van der Waals surface area contributed by atoms with Crippen LogP contribution >= 0.6 is 23.2 Å². The molecule has 0 radical (unpaired) electrons. The molecular weight excluding hydrogens is 529 g/mol. The first-order chi connectivity index (χ1) is 18.3. The van der Waals surface area contributed by atoms with Gasteiger partial charge in [0.25, 0.3) is 5.91 Å².